The van der Waals surface area contributed by atoms with Crippen LogP contribution in [0.5, 0.6) is 0 Å². The van der Waals surface area contributed by atoms with Crippen molar-refractivity contribution in [3.8, 4) is 0 Å². The molecule has 1 unspecified atom stereocenters. The third-order valence-electron chi connectivity index (χ3n) is 2.70. The Hall–Kier alpha value is -2.12. The van der Waals surface area contributed by atoms with Crippen molar-refractivity contribution in [1.29, 1.82) is 0 Å². The summed E-state index contributed by atoms with van der Waals surface area (Å²) in [5.74, 6) is -1.52. The minimum Gasteiger partial charge on any atom is -0.481 e. The van der Waals surface area contributed by atoms with Crippen LogP contribution in [0.1, 0.15) is 13.8 Å². The number of carbonyl (C=O) groups is 2. The molecule has 0 aliphatic rings. The summed E-state index contributed by atoms with van der Waals surface area (Å²) >= 11 is 0. The SMILES string of the molecule is CC(C)C(CNC(=O)NCCn1ccnn1)C(=O)O. The first-order valence-corrected chi connectivity index (χ1v) is 6.09. The van der Waals surface area contributed by atoms with Crippen LogP contribution < -0.4 is 10.6 Å². The van der Waals surface area contributed by atoms with Gasteiger partial charge in [0.05, 0.1) is 18.7 Å². The maximum absolute atomic E-state index is 11.5. The minimum absolute atomic E-state index is 0.0343. The van der Waals surface area contributed by atoms with Gasteiger partial charge in [-0.2, -0.15) is 0 Å². The number of carboxylic acid groups (broad SMARTS) is 1. The standard InChI is InChI=1S/C11H19N5O3/c1-8(2)9(10(17)18)7-13-11(19)12-3-5-16-6-4-14-15-16/h4,6,8-9H,3,5,7H2,1-2H3,(H,17,18)(H2,12,13,19). The molecule has 0 saturated heterocycles. The number of urea groups is 1. The lowest BCUT2D eigenvalue weighted by Gasteiger charge is -2.16. The van der Waals surface area contributed by atoms with Crippen LogP contribution in [0.25, 0.3) is 0 Å². The van der Waals surface area contributed by atoms with Gasteiger partial charge in [-0.3, -0.25) is 9.48 Å². The Morgan fingerprint density at radius 3 is 2.63 bits per heavy atom. The first kappa shape index (κ1) is 14.9. The van der Waals surface area contributed by atoms with Gasteiger partial charge < -0.3 is 15.7 Å². The van der Waals surface area contributed by atoms with Crippen molar-refractivity contribution >= 4 is 12.0 Å². The molecule has 1 rings (SSSR count). The smallest absolute Gasteiger partial charge is 0.314 e. The quantitative estimate of drug-likeness (QED) is 0.642. The lowest BCUT2D eigenvalue weighted by atomic mass is 9.96. The van der Waals surface area contributed by atoms with Crippen LogP contribution in [0.2, 0.25) is 0 Å². The molecule has 0 fully saturated rings. The zero-order valence-electron chi connectivity index (χ0n) is 11.0. The third-order valence-corrected chi connectivity index (χ3v) is 2.70. The lowest BCUT2D eigenvalue weighted by molar-refractivity contribution is -0.142. The van der Waals surface area contributed by atoms with Gasteiger partial charge in [0.1, 0.15) is 0 Å². The van der Waals surface area contributed by atoms with Crippen LogP contribution in [-0.4, -0.2) is 45.2 Å². The largest absolute Gasteiger partial charge is 0.481 e. The average molecular weight is 269 g/mol. The van der Waals surface area contributed by atoms with E-state index < -0.39 is 11.9 Å². The molecule has 0 spiro atoms. The molecular weight excluding hydrogens is 250 g/mol. The van der Waals surface area contributed by atoms with Crippen molar-refractivity contribution in [3.05, 3.63) is 12.4 Å². The molecule has 8 nitrogen and oxygen atoms in total. The Morgan fingerprint density at radius 2 is 2.11 bits per heavy atom. The van der Waals surface area contributed by atoms with Crippen LogP contribution in [0.15, 0.2) is 12.4 Å². The molecule has 1 atom stereocenters. The molecule has 8 heteroatoms. The highest BCUT2D eigenvalue weighted by molar-refractivity contribution is 5.75. The van der Waals surface area contributed by atoms with E-state index in [4.69, 9.17) is 5.11 Å². The molecule has 3 N–H and O–H groups in total. The predicted molar refractivity (Wildman–Crippen MR) is 67.4 cm³/mol. The van der Waals surface area contributed by atoms with Gasteiger partial charge in [0.25, 0.3) is 0 Å². The topological polar surface area (TPSA) is 109 Å². The molecule has 0 aliphatic heterocycles. The van der Waals surface area contributed by atoms with Gasteiger partial charge in [-0.1, -0.05) is 19.1 Å². The summed E-state index contributed by atoms with van der Waals surface area (Å²) in [5.41, 5.74) is 0. The van der Waals surface area contributed by atoms with Gasteiger partial charge in [0, 0.05) is 19.3 Å². The molecule has 1 heterocycles. The third kappa shape index (κ3) is 5.36. The van der Waals surface area contributed by atoms with Gasteiger partial charge in [0.2, 0.25) is 0 Å². The van der Waals surface area contributed by atoms with E-state index in [1.54, 1.807) is 17.1 Å². The molecule has 1 aromatic rings. The first-order chi connectivity index (χ1) is 9.00. The molecule has 0 aliphatic carbocycles. The van der Waals surface area contributed by atoms with Crippen LogP contribution in [0.4, 0.5) is 4.79 Å². The van der Waals surface area contributed by atoms with E-state index in [2.05, 4.69) is 20.9 Å². The second-order valence-electron chi connectivity index (χ2n) is 4.49. The summed E-state index contributed by atoms with van der Waals surface area (Å²) in [6, 6.07) is -0.382. The monoisotopic (exact) mass is 269 g/mol. The fourth-order valence-electron chi connectivity index (χ4n) is 1.51. The van der Waals surface area contributed by atoms with Gasteiger partial charge >= 0.3 is 12.0 Å². The summed E-state index contributed by atoms with van der Waals surface area (Å²) in [6.45, 7) is 4.64. The number of nitrogens with one attached hydrogen (secondary N) is 2. The molecule has 19 heavy (non-hydrogen) atoms. The van der Waals surface area contributed by atoms with Crippen LogP contribution >= 0.6 is 0 Å². The van der Waals surface area contributed by atoms with Crippen molar-refractivity contribution in [2.24, 2.45) is 11.8 Å². The fourth-order valence-corrected chi connectivity index (χ4v) is 1.51. The Labute approximate surface area is 111 Å². The second kappa shape index (κ2) is 7.34. The van der Waals surface area contributed by atoms with Crippen molar-refractivity contribution < 1.29 is 14.7 Å². The van der Waals surface area contributed by atoms with E-state index in [-0.39, 0.29) is 18.5 Å². The van der Waals surface area contributed by atoms with Gasteiger partial charge in [0.15, 0.2) is 0 Å². The van der Waals surface area contributed by atoms with E-state index in [0.29, 0.717) is 13.1 Å². The molecule has 0 bridgehead atoms. The summed E-state index contributed by atoms with van der Waals surface area (Å²) in [4.78, 5) is 22.4. The minimum atomic E-state index is -0.905. The maximum Gasteiger partial charge on any atom is 0.314 e. The van der Waals surface area contributed by atoms with Gasteiger partial charge in [-0.25, -0.2) is 4.79 Å². The second-order valence-corrected chi connectivity index (χ2v) is 4.49. The van der Waals surface area contributed by atoms with Crippen molar-refractivity contribution in [2.75, 3.05) is 13.1 Å². The van der Waals surface area contributed by atoms with Crippen molar-refractivity contribution in [2.45, 2.75) is 20.4 Å². The molecule has 1 aromatic heterocycles. The Morgan fingerprint density at radius 1 is 1.37 bits per heavy atom. The van der Waals surface area contributed by atoms with E-state index in [1.807, 2.05) is 13.8 Å². The number of carbonyl (C=O) groups excluding carboxylic acids is 1. The lowest BCUT2D eigenvalue weighted by Crippen LogP contribution is -2.42. The highest BCUT2D eigenvalue weighted by Crippen LogP contribution is 2.09. The fraction of sp³-hybridized carbons (Fsp3) is 0.636. The van der Waals surface area contributed by atoms with Gasteiger partial charge in [-0.15, -0.1) is 5.10 Å². The van der Waals surface area contributed by atoms with Crippen LogP contribution in [-0.2, 0) is 11.3 Å². The van der Waals surface area contributed by atoms with Crippen molar-refractivity contribution in [3.63, 3.8) is 0 Å². The molecule has 0 aromatic carbocycles. The molecule has 0 radical (unpaired) electrons. The van der Waals surface area contributed by atoms with Gasteiger partial charge in [-0.05, 0) is 5.92 Å². The molecule has 0 saturated carbocycles. The van der Waals surface area contributed by atoms with Crippen LogP contribution in [0.3, 0.4) is 0 Å². The molecule has 106 valence electrons. The zero-order valence-corrected chi connectivity index (χ0v) is 11.0. The Kier molecular flexibility index (Phi) is 5.77. The normalized spacial score (nSPS) is 12.2. The summed E-state index contributed by atoms with van der Waals surface area (Å²) < 4.78 is 1.59. The molecular formula is C11H19N5O3. The highest BCUT2D eigenvalue weighted by atomic mass is 16.4. The first-order valence-electron chi connectivity index (χ1n) is 6.09. The van der Waals surface area contributed by atoms with E-state index in [9.17, 15) is 9.59 Å². The Balaban J connectivity index is 2.22. The number of aromatic nitrogens is 3. The average Bonchev–Trinajstić information content (AvgIpc) is 2.81. The number of hydrogen-bond acceptors (Lipinski definition) is 4. The van der Waals surface area contributed by atoms with E-state index in [1.165, 1.54) is 0 Å². The number of nitrogens with zero attached hydrogens (tertiary/aromatic N) is 3. The summed E-state index contributed by atoms with van der Waals surface area (Å²) in [6.07, 6.45) is 3.25. The molecule has 2 amide bonds. The van der Waals surface area contributed by atoms with E-state index >= 15 is 0 Å². The van der Waals surface area contributed by atoms with E-state index in [0.717, 1.165) is 0 Å². The highest BCUT2D eigenvalue weighted by Gasteiger charge is 2.21. The number of amides is 2. The summed E-state index contributed by atoms with van der Waals surface area (Å²) in [5, 5.41) is 21.5. The summed E-state index contributed by atoms with van der Waals surface area (Å²) in [7, 11) is 0. The number of hydrogen-bond donors (Lipinski definition) is 3. The number of rotatable bonds is 7. The number of aliphatic carboxylic acids is 1. The predicted octanol–water partition coefficient (Wildman–Crippen LogP) is -0.0659. The number of carboxylic acids is 1. The van der Waals surface area contributed by atoms with Crippen LogP contribution in [0, 0.1) is 11.8 Å². The maximum atomic E-state index is 11.5. The Bertz CT molecular complexity index is 404. The zero-order chi connectivity index (χ0) is 14.3. The van der Waals surface area contributed by atoms with Crippen molar-refractivity contribution in [1.82, 2.24) is 25.6 Å².